The number of hydrogen-bond donors (Lipinski definition) is 2. The summed E-state index contributed by atoms with van der Waals surface area (Å²) in [6.45, 7) is 2.06. The molecule has 2 N–H and O–H groups in total. The van der Waals surface area contributed by atoms with E-state index in [1.54, 1.807) is 18.3 Å². The Morgan fingerprint density at radius 1 is 1.06 bits per heavy atom. The van der Waals surface area contributed by atoms with Crippen molar-refractivity contribution in [1.29, 1.82) is 0 Å². The zero-order valence-corrected chi connectivity index (χ0v) is 19.4. The van der Waals surface area contributed by atoms with Crippen molar-refractivity contribution < 1.29 is 8.91 Å². The summed E-state index contributed by atoms with van der Waals surface area (Å²) >= 11 is 6.49. The number of nitrogens with one attached hydrogen (secondary N) is 2. The Balaban J connectivity index is 1.63. The van der Waals surface area contributed by atoms with E-state index < -0.39 is 5.76 Å². The highest BCUT2D eigenvalue weighted by molar-refractivity contribution is 6.32. The lowest BCUT2D eigenvalue weighted by atomic mass is 9.87. The third kappa shape index (κ3) is 4.72. The molecule has 0 radical (unpaired) electrons. The number of allylic oxidation sites excluding steroid dienone is 1. The first kappa shape index (κ1) is 22.6. The highest BCUT2D eigenvalue weighted by Gasteiger charge is 2.16. The van der Waals surface area contributed by atoms with Gasteiger partial charge in [0, 0.05) is 5.39 Å². The van der Waals surface area contributed by atoms with Crippen LogP contribution in [0.1, 0.15) is 41.4 Å². The van der Waals surface area contributed by atoms with Gasteiger partial charge in [0.25, 0.3) is 0 Å². The fraction of sp³-hybridized carbons (Fsp3) is 0.0741. The highest BCUT2D eigenvalue weighted by atomic mass is 35.5. The van der Waals surface area contributed by atoms with E-state index in [-0.39, 0.29) is 5.82 Å². The average molecular weight is 487 g/mol. The molecule has 6 nitrogen and oxygen atoms in total. The van der Waals surface area contributed by atoms with Gasteiger partial charge in [0.05, 0.1) is 16.7 Å². The summed E-state index contributed by atoms with van der Waals surface area (Å²) in [7, 11) is 0. The molecular formula is C27H20ClFN4O2. The van der Waals surface area contributed by atoms with Crippen molar-refractivity contribution in [3.8, 4) is 0 Å². The van der Waals surface area contributed by atoms with Crippen molar-refractivity contribution in [3.05, 3.63) is 116 Å². The van der Waals surface area contributed by atoms with Crippen LogP contribution in [0.3, 0.4) is 0 Å². The van der Waals surface area contributed by atoms with Crippen LogP contribution in [-0.2, 0) is 0 Å². The molecule has 0 amide bonds. The van der Waals surface area contributed by atoms with Gasteiger partial charge in [-0.15, -0.1) is 0 Å². The maximum absolute atomic E-state index is 13.8. The molecule has 3 aromatic carbocycles. The van der Waals surface area contributed by atoms with Gasteiger partial charge in [0.2, 0.25) is 0 Å². The smallest absolute Gasteiger partial charge is 0.296 e. The summed E-state index contributed by atoms with van der Waals surface area (Å²) in [4.78, 5) is 13.6. The second-order valence-corrected chi connectivity index (χ2v) is 8.35. The minimum atomic E-state index is -0.601. The number of hydrogen-bond acceptors (Lipinski definition) is 4. The molecule has 2 heterocycles. The average Bonchev–Trinajstić information content (AvgIpc) is 3.50. The monoisotopic (exact) mass is 486 g/mol. The van der Waals surface area contributed by atoms with Crippen molar-refractivity contribution >= 4 is 45.8 Å². The molecule has 0 unspecified atom stereocenters. The van der Waals surface area contributed by atoms with Crippen molar-refractivity contribution in [1.82, 2.24) is 20.3 Å². The Labute approximate surface area is 204 Å². The first-order chi connectivity index (χ1) is 17.0. The lowest BCUT2D eigenvalue weighted by Gasteiger charge is -2.18. The van der Waals surface area contributed by atoms with Gasteiger partial charge in [-0.3, -0.25) is 14.6 Å². The maximum atomic E-state index is 13.8. The van der Waals surface area contributed by atoms with Crippen LogP contribution in [0.25, 0.3) is 34.2 Å². The number of aromatic nitrogens is 4. The predicted molar refractivity (Wildman–Crippen MR) is 136 cm³/mol. The fourth-order valence-corrected chi connectivity index (χ4v) is 4.38. The Bertz CT molecular complexity index is 1630. The number of benzene rings is 3. The largest absolute Gasteiger partial charge is 0.439 e. The molecule has 5 rings (SSSR count). The number of fused-ring (bicyclic) bond motifs is 1. The van der Waals surface area contributed by atoms with Crippen LogP contribution < -0.4 is 5.76 Å². The lowest BCUT2D eigenvalue weighted by molar-refractivity contribution is 0.385. The Morgan fingerprint density at radius 2 is 1.86 bits per heavy atom. The molecule has 35 heavy (non-hydrogen) atoms. The van der Waals surface area contributed by atoms with Gasteiger partial charge in [0.15, 0.2) is 5.82 Å². The van der Waals surface area contributed by atoms with E-state index in [0.717, 1.165) is 44.3 Å². The van der Waals surface area contributed by atoms with E-state index in [1.165, 1.54) is 12.1 Å². The minimum absolute atomic E-state index is 0.340. The third-order valence-corrected chi connectivity index (χ3v) is 6.04. The SMILES string of the molecule is CCC(=C(c1ccc(/C=C/c2noc(=O)[nH]2)cc1)c1ccc2[nH]ncc2c1)c1ccc(F)cc1Cl. The molecule has 0 spiro atoms. The summed E-state index contributed by atoms with van der Waals surface area (Å²) in [5.41, 5.74) is 6.63. The third-order valence-electron chi connectivity index (χ3n) is 5.73. The summed E-state index contributed by atoms with van der Waals surface area (Å²) in [6.07, 6.45) is 5.97. The number of rotatable bonds is 6. The topological polar surface area (TPSA) is 87.6 Å². The van der Waals surface area contributed by atoms with Gasteiger partial charge in [0.1, 0.15) is 5.82 Å². The first-order valence-corrected chi connectivity index (χ1v) is 11.4. The highest BCUT2D eigenvalue weighted by Crippen LogP contribution is 2.38. The maximum Gasteiger partial charge on any atom is 0.439 e. The number of nitrogens with zero attached hydrogens (tertiary/aromatic N) is 2. The van der Waals surface area contributed by atoms with Gasteiger partial charge in [-0.2, -0.15) is 5.10 Å². The van der Waals surface area contributed by atoms with Crippen LogP contribution in [0, 0.1) is 5.82 Å². The van der Waals surface area contributed by atoms with E-state index in [2.05, 4.69) is 37.9 Å². The van der Waals surface area contributed by atoms with Crippen molar-refractivity contribution in [2.45, 2.75) is 13.3 Å². The van der Waals surface area contributed by atoms with Crippen LogP contribution >= 0.6 is 11.6 Å². The molecule has 0 aliphatic carbocycles. The van der Waals surface area contributed by atoms with Crippen molar-refractivity contribution in [2.24, 2.45) is 0 Å². The Morgan fingerprint density at radius 3 is 2.57 bits per heavy atom. The normalized spacial score (nSPS) is 12.4. The number of halogens is 2. The first-order valence-electron chi connectivity index (χ1n) is 11.0. The van der Waals surface area contributed by atoms with Gasteiger partial charge in [-0.25, -0.2) is 9.18 Å². The molecule has 8 heteroatoms. The number of H-pyrrole nitrogens is 2. The predicted octanol–water partition coefficient (Wildman–Crippen LogP) is 6.57. The van der Waals surface area contributed by atoms with Gasteiger partial charge in [-0.05, 0) is 70.2 Å². The molecule has 0 aliphatic rings. The van der Waals surface area contributed by atoms with Crippen LogP contribution in [0.2, 0.25) is 5.02 Å². The van der Waals surface area contributed by atoms with Crippen LogP contribution in [0.5, 0.6) is 0 Å². The quantitative estimate of drug-likeness (QED) is 0.266. The fourth-order valence-electron chi connectivity index (χ4n) is 4.10. The van der Waals surface area contributed by atoms with Crippen LogP contribution in [0.4, 0.5) is 4.39 Å². The molecule has 174 valence electrons. The second-order valence-electron chi connectivity index (χ2n) is 7.94. The minimum Gasteiger partial charge on any atom is -0.296 e. The summed E-state index contributed by atoms with van der Waals surface area (Å²) in [5.74, 6) is -0.636. The molecule has 0 saturated carbocycles. The molecule has 2 aromatic heterocycles. The standard InChI is InChI=1S/C27H20ClFN4O2/c1-2-21(22-10-9-20(29)14-23(22)28)26(18-8-11-24-19(13-18)15-30-32-24)17-6-3-16(4-7-17)5-12-25-31-27(34)35-33-25/h3-15H,2H2,1H3,(H,30,32)(H,31,33,34)/b12-5+,26-21?. The van der Waals surface area contributed by atoms with Gasteiger partial charge < -0.3 is 0 Å². The molecule has 0 aliphatic heterocycles. The van der Waals surface area contributed by atoms with E-state index >= 15 is 0 Å². The van der Waals surface area contributed by atoms with E-state index in [0.29, 0.717) is 17.3 Å². The Kier molecular flexibility index (Phi) is 6.16. The zero-order valence-electron chi connectivity index (χ0n) is 18.7. The number of aromatic amines is 2. The lowest BCUT2D eigenvalue weighted by Crippen LogP contribution is -1.96. The van der Waals surface area contributed by atoms with Crippen LogP contribution in [-0.4, -0.2) is 20.3 Å². The molecular weight excluding hydrogens is 467 g/mol. The van der Waals surface area contributed by atoms with E-state index in [4.69, 9.17) is 11.6 Å². The zero-order chi connectivity index (χ0) is 24.4. The van der Waals surface area contributed by atoms with Gasteiger partial charge >= 0.3 is 5.76 Å². The molecule has 0 fully saturated rings. The van der Waals surface area contributed by atoms with Gasteiger partial charge in [-0.1, -0.05) is 66.2 Å². The molecule has 0 atom stereocenters. The van der Waals surface area contributed by atoms with Crippen molar-refractivity contribution in [2.75, 3.05) is 0 Å². The van der Waals surface area contributed by atoms with E-state index in [9.17, 15) is 9.18 Å². The Hall–Kier alpha value is -4.23. The second kappa shape index (κ2) is 9.56. The molecule has 0 bridgehead atoms. The summed E-state index contributed by atoms with van der Waals surface area (Å²) in [5, 5.41) is 12.1. The molecule has 0 saturated heterocycles. The van der Waals surface area contributed by atoms with E-state index in [1.807, 2.05) is 42.5 Å². The molecule has 5 aromatic rings. The summed E-state index contributed by atoms with van der Waals surface area (Å²) < 4.78 is 18.3. The van der Waals surface area contributed by atoms with Crippen molar-refractivity contribution in [3.63, 3.8) is 0 Å². The summed E-state index contributed by atoms with van der Waals surface area (Å²) in [6, 6.07) is 18.6. The van der Waals surface area contributed by atoms with Crippen LogP contribution in [0.15, 0.2) is 76.2 Å².